The van der Waals surface area contributed by atoms with Crippen LogP contribution in [0.2, 0.25) is 5.02 Å². The highest BCUT2D eigenvalue weighted by molar-refractivity contribution is 6.34. The van der Waals surface area contributed by atoms with Gasteiger partial charge in [0.05, 0.1) is 30.1 Å². The lowest BCUT2D eigenvalue weighted by molar-refractivity contribution is 0.0270. The first kappa shape index (κ1) is 22.1. The molecule has 9 heteroatoms. The summed E-state index contributed by atoms with van der Waals surface area (Å²) in [6.45, 7) is 0.639. The molecule has 4 rings (SSSR count). The van der Waals surface area contributed by atoms with Crippen LogP contribution in [0.3, 0.4) is 0 Å². The fourth-order valence-corrected chi connectivity index (χ4v) is 3.50. The number of carbonyl (C=O) groups excluding carboxylic acids is 1. The second-order valence-corrected chi connectivity index (χ2v) is 8.32. The van der Waals surface area contributed by atoms with E-state index >= 15 is 0 Å². The summed E-state index contributed by atoms with van der Waals surface area (Å²) in [4.78, 5) is 31.2. The van der Waals surface area contributed by atoms with Gasteiger partial charge in [-0.3, -0.25) is 14.4 Å². The molecule has 0 atom stereocenters. The van der Waals surface area contributed by atoms with Gasteiger partial charge in [0.2, 0.25) is 0 Å². The second kappa shape index (κ2) is 9.59. The number of benzene rings is 2. The van der Waals surface area contributed by atoms with Crippen molar-refractivity contribution < 1.29 is 14.0 Å². The molecule has 2 N–H and O–H groups in total. The fraction of sp³-hybridized carbons (Fsp3) is 0.217. The van der Waals surface area contributed by atoms with Gasteiger partial charge in [-0.25, -0.2) is 9.87 Å². The number of aromatic nitrogens is 1. The summed E-state index contributed by atoms with van der Waals surface area (Å²) in [6.07, 6.45) is 3.55. The van der Waals surface area contributed by atoms with Crippen LogP contribution in [-0.2, 0) is 11.4 Å². The Kier molecular flexibility index (Phi) is 6.62. The number of halogens is 2. The highest BCUT2D eigenvalue weighted by Gasteiger charge is 2.24. The van der Waals surface area contributed by atoms with Gasteiger partial charge in [-0.15, -0.1) is 0 Å². The number of hydrogen-bond acceptors (Lipinski definition) is 4. The summed E-state index contributed by atoms with van der Waals surface area (Å²) in [5.74, 6) is -0.652. The van der Waals surface area contributed by atoms with Gasteiger partial charge in [-0.2, -0.15) is 0 Å². The van der Waals surface area contributed by atoms with Crippen molar-refractivity contribution in [2.24, 2.45) is 5.92 Å². The molecule has 0 unspecified atom stereocenters. The van der Waals surface area contributed by atoms with Crippen molar-refractivity contribution in [2.75, 3.05) is 11.9 Å². The minimum atomic E-state index is -0.579. The van der Waals surface area contributed by atoms with Crippen molar-refractivity contribution in [3.8, 4) is 0 Å². The van der Waals surface area contributed by atoms with Crippen LogP contribution >= 0.6 is 11.6 Å². The predicted molar refractivity (Wildman–Crippen MR) is 125 cm³/mol. The van der Waals surface area contributed by atoms with Gasteiger partial charge < -0.3 is 9.88 Å². The van der Waals surface area contributed by atoms with Crippen molar-refractivity contribution >= 4 is 42.2 Å². The SMILES string of the molecule is Bc1ccc(Nc2c(C(=O)NOCC3CC3)cn(Cc3ccccc3)c(=O)c2Cl)c(F)c1. The summed E-state index contributed by atoms with van der Waals surface area (Å²) in [5.41, 5.74) is 3.72. The van der Waals surface area contributed by atoms with Crippen LogP contribution in [0, 0.1) is 11.7 Å². The van der Waals surface area contributed by atoms with Crippen LogP contribution in [0.1, 0.15) is 28.8 Å². The Hall–Kier alpha value is -3.10. The minimum Gasteiger partial charge on any atom is -0.351 e. The number of hydrogen-bond donors (Lipinski definition) is 2. The number of carbonyl (C=O) groups is 1. The van der Waals surface area contributed by atoms with Crippen molar-refractivity contribution in [3.63, 3.8) is 0 Å². The Morgan fingerprint density at radius 2 is 1.97 bits per heavy atom. The first-order chi connectivity index (χ1) is 15.4. The average molecular weight is 454 g/mol. The standard InChI is InChI=1S/C23H22BClFN3O3/c24-16-8-9-19(18(26)10-16)27-21-17(22(30)28-32-13-15-6-7-15)12-29(23(31)20(21)25)11-14-4-2-1-3-5-14/h1-5,8-10,12,15,27H,6-7,11,13,24H2,(H,28,30). The molecule has 1 saturated carbocycles. The first-order valence-electron chi connectivity index (χ1n) is 10.3. The topological polar surface area (TPSA) is 72.4 Å². The maximum atomic E-state index is 14.5. The van der Waals surface area contributed by atoms with Crippen LogP contribution in [0.5, 0.6) is 0 Å². The van der Waals surface area contributed by atoms with E-state index in [1.165, 1.54) is 22.9 Å². The molecule has 0 spiro atoms. The van der Waals surface area contributed by atoms with Gasteiger partial charge >= 0.3 is 0 Å². The Morgan fingerprint density at radius 1 is 1.22 bits per heavy atom. The molecule has 1 aromatic heterocycles. The largest absolute Gasteiger partial charge is 0.351 e. The Labute approximate surface area is 190 Å². The molecule has 1 aliphatic rings. The normalized spacial score (nSPS) is 13.1. The zero-order chi connectivity index (χ0) is 22.7. The second-order valence-electron chi connectivity index (χ2n) is 7.94. The zero-order valence-electron chi connectivity index (χ0n) is 17.5. The number of amides is 1. The molecule has 1 aliphatic carbocycles. The quantitative estimate of drug-likeness (QED) is 0.406. The van der Waals surface area contributed by atoms with Crippen molar-refractivity contribution in [3.05, 3.63) is 87.0 Å². The molecule has 0 bridgehead atoms. The molecule has 32 heavy (non-hydrogen) atoms. The molecule has 0 saturated heterocycles. The fourth-order valence-electron chi connectivity index (χ4n) is 3.24. The zero-order valence-corrected chi connectivity index (χ0v) is 18.3. The average Bonchev–Trinajstić information content (AvgIpc) is 3.60. The number of nitrogens with one attached hydrogen (secondary N) is 2. The Bertz CT molecular complexity index is 1200. The summed E-state index contributed by atoms with van der Waals surface area (Å²) < 4.78 is 15.8. The lowest BCUT2D eigenvalue weighted by atomic mass is 9.96. The maximum absolute atomic E-state index is 14.5. The monoisotopic (exact) mass is 453 g/mol. The molecule has 1 heterocycles. The third kappa shape index (κ3) is 5.20. The van der Waals surface area contributed by atoms with E-state index in [1.807, 2.05) is 30.3 Å². The molecule has 1 amide bonds. The molecule has 3 aromatic rings. The van der Waals surface area contributed by atoms with Crippen molar-refractivity contribution in [1.82, 2.24) is 10.0 Å². The predicted octanol–water partition coefficient (Wildman–Crippen LogP) is 2.76. The van der Waals surface area contributed by atoms with Crippen LogP contribution in [0.15, 0.2) is 59.5 Å². The third-order valence-electron chi connectivity index (χ3n) is 5.23. The number of pyridine rings is 1. The van der Waals surface area contributed by atoms with E-state index in [2.05, 4.69) is 10.8 Å². The Morgan fingerprint density at radius 3 is 2.66 bits per heavy atom. The van der Waals surface area contributed by atoms with E-state index in [0.29, 0.717) is 12.5 Å². The van der Waals surface area contributed by atoms with Crippen LogP contribution in [0.25, 0.3) is 0 Å². The van der Waals surface area contributed by atoms with E-state index in [-0.39, 0.29) is 28.5 Å². The number of rotatable bonds is 8. The highest BCUT2D eigenvalue weighted by Crippen LogP contribution is 2.30. The number of hydroxylamine groups is 1. The van der Waals surface area contributed by atoms with E-state index in [4.69, 9.17) is 16.4 Å². The van der Waals surface area contributed by atoms with Crippen molar-refractivity contribution in [2.45, 2.75) is 19.4 Å². The van der Waals surface area contributed by atoms with Crippen LogP contribution < -0.4 is 21.8 Å². The van der Waals surface area contributed by atoms with E-state index in [0.717, 1.165) is 23.9 Å². The molecular formula is C23H22BClFN3O3. The van der Waals surface area contributed by atoms with Gasteiger partial charge in [0, 0.05) is 6.20 Å². The number of nitrogens with zero attached hydrogens (tertiary/aromatic N) is 1. The van der Waals surface area contributed by atoms with Crippen molar-refractivity contribution in [1.29, 1.82) is 0 Å². The molecule has 2 aromatic carbocycles. The minimum absolute atomic E-state index is 0.0243. The highest BCUT2D eigenvalue weighted by atomic mass is 35.5. The van der Waals surface area contributed by atoms with E-state index in [9.17, 15) is 14.0 Å². The lowest BCUT2D eigenvalue weighted by Crippen LogP contribution is -2.30. The van der Waals surface area contributed by atoms with E-state index < -0.39 is 17.3 Å². The summed E-state index contributed by atoms with van der Waals surface area (Å²) in [5, 5.41) is 2.61. The lowest BCUT2D eigenvalue weighted by Gasteiger charge is -2.17. The summed E-state index contributed by atoms with van der Waals surface area (Å²) in [6, 6.07) is 13.9. The first-order valence-corrected chi connectivity index (χ1v) is 10.7. The summed E-state index contributed by atoms with van der Waals surface area (Å²) >= 11 is 6.40. The molecule has 164 valence electrons. The van der Waals surface area contributed by atoms with Crippen LogP contribution in [-0.4, -0.2) is 24.9 Å². The summed E-state index contributed by atoms with van der Waals surface area (Å²) in [7, 11) is 1.76. The van der Waals surface area contributed by atoms with Gasteiger partial charge in [-0.1, -0.05) is 53.5 Å². The van der Waals surface area contributed by atoms with Gasteiger partial charge in [-0.05, 0) is 36.5 Å². The van der Waals surface area contributed by atoms with E-state index in [1.54, 1.807) is 13.9 Å². The Balaban J connectivity index is 1.70. The van der Waals surface area contributed by atoms with Gasteiger partial charge in [0.15, 0.2) is 0 Å². The van der Waals surface area contributed by atoms with Crippen LogP contribution in [0.4, 0.5) is 15.8 Å². The maximum Gasteiger partial charge on any atom is 0.278 e. The van der Waals surface area contributed by atoms with Gasteiger partial charge in [0.1, 0.15) is 18.7 Å². The molecule has 0 radical (unpaired) electrons. The molecule has 6 nitrogen and oxygen atoms in total. The molecule has 1 fully saturated rings. The number of anilines is 2. The smallest absolute Gasteiger partial charge is 0.278 e. The third-order valence-corrected chi connectivity index (χ3v) is 5.58. The molecule has 0 aliphatic heterocycles. The van der Waals surface area contributed by atoms with Gasteiger partial charge in [0.25, 0.3) is 11.5 Å². The molecular weight excluding hydrogens is 432 g/mol.